The first-order valence-electron chi connectivity index (χ1n) is 7.87. The Labute approximate surface area is 146 Å². The lowest BCUT2D eigenvalue weighted by molar-refractivity contribution is -0.121. The normalized spacial score (nSPS) is 10.2. The van der Waals surface area contributed by atoms with Crippen LogP contribution in [0.3, 0.4) is 0 Å². The molecule has 1 aromatic rings. The van der Waals surface area contributed by atoms with Gasteiger partial charge in [0, 0.05) is 12.8 Å². The number of hydrogen-bond donors (Lipinski definition) is 1. The van der Waals surface area contributed by atoms with E-state index >= 15 is 0 Å². The van der Waals surface area contributed by atoms with E-state index in [1.54, 1.807) is 13.8 Å². The fraction of sp³-hybridized carbons (Fsp3) is 0.471. The molecule has 0 heterocycles. The number of anilines is 1. The predicted molar refractivity (Wildman–Crippen MR) is 89.7 cm³/mol. The van der Waals surface area contributed by atoms with Crippen molar-refractivity contribution in [3.63, 3.8) is 0 Å². The highest BCUT2D eigenvalue weighted by molar-refractivity contribution is 5.99. The van der Waals surface area contributed by atoms with Gasteiger partial charge in [-0.3, -0.25) is 4.79 Å². The zero-order chi connectivity index (χ0) is 18.7. The Balaban J connectivity index is 2.90. The van der Waals surface area contributed by atoms with Crippen LogP contribution in [0.15, 0.2) is 18.2 Å². The van der Waals surface area contributed by atoms with Gasteiger partial charge in [-0.25, -0.2) is 9.59 Å². The summed E-state index contributed by atoms with van der Waals surface area (Å²) in [5.41, 5.74) is 0.556. The molecule has 138 valence electrons. The third-order valence-corrected chi connectivity index (χ3v) is 2.90. The standard InChI is InChI=1S/C17H23NO7/c1-4-24-16(20)12-8-13(17(21)25-5-2)10-14(9-12)18-15(19)11-23-7-6-22-3/h8-10H,4-7,11H2,1-3H3,(H,18,19). The molecule has 0 aliphatic rings. The topological polar surface area (TPSA) is 100 Å². The summed E-state index contributed by atoms with van der Waals surface area (Å²) in [6.07, 6.45) is 0. The first kappa shape index (κ1) is 20.6. The van der Waals surface area contributed by atoms with Crippen LogP contribution in [-0.2, 0) is 23.7 Å². The third-order valence-electron chi connectivity index (χ3n) is 2.90. The molecule has 0 atom stereocenters. The van der Waals surface area contributed by atoms with Gasteiger partial charge in [-0.1, -0.05) is 0 Å². The molecule has 0 aliphatic heterocycles. The number of ether oxygens (including phenoxy) is 4. The van der Waals surface area contributed by atoms with E-state index < -0.39 is 17.8 Å². The number of esters is 2. The molecule has 0 fully saturated rings. The fourth-order valence-electron chi connectivity index (χ4n) is 1.87. The van der Waals surface area contributed by atoms with Gasteiger partial charge in [0.2, 0.25) is 5.91 Å². The number of nitrogens with one attached hydrogen (secondary N) is 1. The summed E-state index contributed by atoms with van der Waals surface area (Å²) < 4.78 is 19.8. The van der Waals surface area contributed by atoms with Crippen LogP contribution in [-0.4, -0.2) is 58.0 Å². The molecular weight excluding hydrogens is 330 g/mol. The van der Waals surface area contributed by atoms with Crippen molar-refractivity contribution in [1.82, 2.24) is 0 Å². The largest absolute Gasteiger partial charge is 0.462 e. The molecule has 0 saturated heterocycles. The number of amides is 1. The van der Waals surface area contributed by atoms with E-state index in [9.17, 15) is 14.4 Å². The van der Waals surface area contributed by atoms with E-state index in [-0.39, 0.29) is 43.2 Å². The van der Waals surface area contributed by atoms with Gasteiger partial charge in [-0.15, -0.1) is 0 Å². The van der Waals surface area contributed by atoms with E-state index in [0.29, 0.717) is 6.61 Å². The van der Waals surface area contributed by atoms with Crippen LogP contribution in [0.1, 0.15) is 34.6 Å². The summed E-state index contributed by atoms with van der Waals surface area (Å²) in [7, 11) is 1.53. The molecule has 8 heteroatoms. The van der Waals surface area contributed by atoms with Crippen LogP contribution in [0.4, 0.5) is 5.69 Å². The lowest BCUT2D eigenvalue weighted by atomic mass is 10.1. The average Bonchev–Trinajstić information content (AvgIpc) is 2.59. The minimum absolute atomic E-state index is 0.142. The molecule has 1 N–H and O–H groups in total. The highest BCUT2D eigenvalue weighted by atomic mass is 16.5. The first-order chi connectivity index (χ1) is 12.0. The minimum Gasteiger partial charge on any atom is -0.462 e. The van der Waals surface area contributed by atoms with Gasteiger partial charge in [0.25, 0.3) is 0 Å². The third kappa shape index (κ3) is 7.32. The second-order valence-corrected chi connectivity index (χ2v) is 4.83. The number of methoxy groups -OCH3 is 1. The zero-order valence-electron chi connectivity index (χ0n) is 14.6. The van der Waals surface area contributed by atoms with Gasteiger partial charge in [-0.2, -0.15) is 0 Å². The van der Waals surface area contributed by atoms with E-state index in [1.807, 2.05) is 0 Å². The van der Waals surface area contributed by atoms with Gasteiger partial charge in [0.1, 0.15) is 6.61 Å². The van der Waals surface area contributed by atoms with E-state index in [4.69, 9.17) is 18.9 Å². The SMILES string of the molecule is CCOC(=O)c1cc(NC(=O)COCCOC)cc(C(=O)OCC)c1. The smallest absolute Gasteiger partial charge is 0.338 e. The summed E-state index contributed by atoms with van der Waals surface area (Å²) in [6.45, 7) is 4.20. The van der Waals surface area contributed by atoms with E-state index in [0.717, 1.165) is 0 Å². The van der Waals surface area contributed by atoms with Gasteiger partial charge < -0.3 is 24.3 Å². The van der Waals surface area contributed by atoms with Gasteiger partial charge in [-0.05, 0) is 32.0 Å². The number of carbonyl (C=O) groups excluding carboxylic acids is 3. The van der Waals surface area contributed by atoms with Crippen molar-refractivity contribution in [1.29, 1.82) is 0 Å². The van der Waals surface area contributed by atoms with Crippen LogP contribution < -0.4 is 5.32 Å². The lowest BCUT2D eigenvalue weighted by Crippen LogP contribution is -2.20. The summed E-state index contributed by atoms with van der Waals surface area (Å²) in [5.74, 6) is -1.62. The zero-order valence-corrected chi connectivity index (χ0v) is 14.6. The molecular formula is C17H23NO7. The number of benzene rings is 1. The molecule has 0 aromatic heterocycles. The van der Waals surface area contributed by atoms with Crippen molar-refractivity contribution in [2.45, 2.75) is 13.8 Å². The Morgan fingerprint density at radius 3 is 1.96 bits per heavy atom. The maximum Gasteiger partial charge on any atom is 0.338 e. The second kappa shape index (κ2) is 11.2. The predicted octanol–water partition coefficient (Wildman–Crippen LogP) is 1.64. The van der Waals surface area contributed by atoms with E-state index in [1.165, 1.54) is 25.3 Å². The first-order valence-corrected chi connectivity index (χ1v) is 7.87. The van der Waals surface area contributed by atoms with E-state index in [2.05, 4.69) is 5.32 Å². The molecule has 1 aromatic carbocycles. The Morgan fingerprint density at radius 1 is 0.920 bits per heavy atom. The highest BCUT2D eigenvalue weighted by Gasteiger charge is 2.15. The van der Waals surface area contributed by atoms with Crippen molar-refractivity contribution in [3.8, 4) is 0 Å². The van der Waals surface area contributed by atoms with Crippen LogP contribution in [0, 0.1) is 0 Å². The van der Waals surface area contributed by atoms with Crippen molar-refractivity contribution in [3.05, 3.63) is 29.3 Å². The quantitative estimate of drug-likeness (QED) is 0.504. The number of carbonyl (C=O) groups is 3. The van der Waals surface area contributed by atoms with Crippen molar-refractivity contribution in [2.75, 3.05) is 45.5 Å². The summed E-state index contributed by atoms with van der Waals surface area (Å²) in [5, 5.41) is 2.57. The molecule has 8 nitrogen and oxygen atoms in total. The fourth-order valence-corrected chi connectivity index (χ4v) is 1.87. The molecule has 0 radical (unpaired) electrons. The highest BCUT2D eigenvalue weighted by Crippen LogP contribution is 2.17. The van der Waals surface area contributed by atoms with Crippen molar-refractivity contribution < 1.29 is 33.3 Å². The van der Waals surface area contributed by atoms with Crippen LogP contribution in [0.2, 0.25) is 0 Å². The maximum atomic E-state index is 11.9. The average molecular weight is 353 g/mol. The Hall–Kier alpha value is -2.45. The molecule has 1 amide bonds. The Bertz CT molecular complexity index is 564. The molecule has 0 bridgehead atoms. The molecule has 0 aliphatic carbocycles. The van der Waals surface area contributed by atoms with Gasteiger partial charge in [0.15, 0.2) is 0 Å². The molecule has 0 spiro atoms. The summed E-state index contributed by atoms with van der Waals surface area (Å²) in [6, 6.07) is 4.21. The second-order valence-electron chi connectivity index (χ2n) is 4.83. The van der Waals surface area contributed by atoms with Crippen molar-refractivity contribution >= 4 is 23.5 Å². The number of rotatable bonds is 10. The molecule has 0 saturated carbocycles. The van der Waals surface area contributed by atoms with Crippen LogP contribution in [0.25, 0.3) is 0 Å². The Morgan fingerprint density at radius 2 is 1.48 bits per heavy atom. The lowest BCUT2D eigenvalue weighted by Gasteiger charge is -2.10. The van der Waals surface area contributed by atoms with Gasteiger partial charge >= 0.3 is 11.9 Å². The number of hydrogen-bond acceptors (Lipinski definition) is 7. The monoisotopic (exact) mass is 353 g/mol. The minimum atomic E-state index is -0.597. The van der Waals surface area contributed by atoms with Gasteiger partial charge in [0.05, 0.1) is 37.6 Å². The van der Waals surface area contributed by atoms with Crippen LogP contribution in [0.5, 0.6) is 0 Å². The van der Waals surface area contributed by atoms with Crippen molar-refractivity contribution in [2.24, 2.45) is 0 Å². The molecule has 0 unspecified atom stereocenters. The van der Waals surface area contributed by atoms with Crippen LogP contribution >= 0.6 is 0 Å². The summed E-state index contributed by atoms with van der Waals surface area (Å²) >= 11 is 0. The molecule has 25 heavy (non-hydrogen) atoms. The maximum absolute atomic E-state index is 11.9. The molecule has 1 rings (SSSR count). The summed E-state index contributed by atoms with van der Waals surface area (Å²) in [4.78, 5) is 35.7. The Kier molecular flexibility index (Phi) is 9.20.